The second kappa shape index (κ2) is 5.85. The highest BCUT2D eigenvalue weighted by Gasteiger charge is 2.27. The van der Waals surface area contributed by atoms with Crippen molar-refractivity contribution in [1.29, 1.82) is 5.41 Å². The van der Waals surface area contributed by atoms with Gasteiger partial charge in [-0.1, -0.05) is 5.16 Å². The summed E-state index contributed by atoms with van der Waals surface area (Å²) < 4.78 is 5.17. The Balaban J connectivity index is 1.55. The highest BCUT2D eigenvalue weighted by molar-refractivity contribution is 6.01. The number of hydrogen-bond donors (Lipinski definition) is 2. The van der Waals surface area contributed by atoms with Crippen molar-refractivity contribution >= 4 is 17.6 Å². The van der Waals surface area contributed by atoms with E-state index in [4.69, 9.17) is 15.7 Å². The number of aromatic nitrogens is 1. The van der Waals surface area contributed by atoms with E-state index in [9.17, 15) is 0 Å². The van der Waals surface area contributed by atoms with Crippen LogP contribution in [-0.4, -0.2) is 59.9 Å². The molecule has 1 aliphatic carbocycles. The monoisotopic (exact) mass is 290 g/mol. The molecule has 0 spiro atoms. The molecule has 0 unspecified atom stereocenters. The number of amidine groups is 2. The Morgan fingerprint density at radius 1 is 1.43 bits per heavy atom. The molecule has 1 saturated carbocycles. The molecule has 21 heavy (non-hydrogen) atoms. The Kier molecular flexibility index (Phi) is 3.92. The molecule has 0 radical (unpaired) electrons. The second-order valence-electron chi connectivity index (χ2n) is 5.88. The van der Waals surface area contributed by atoms with Crippen molar-refractivity contribution in [3.63, 3.8) is 0 Å². The fourth-order valence-corrected chi connectivity index (χ4v) is 2.44. The first kappa shape index (κ1) is 14.1. The number of piperazine rings is 1. The molecule has 7 nitrogen and oxygen atoms in total. The fraction of sp³-hybridized carbons (Fsp3) is 0.643. The van der Waals surface area contributed by atoms with Gasteiger partial charge in [-0.15, -0.1) is 0 Å². The van der Waals surface area contributed by atoms with E-state index in [1.54, 1.807) is 0 Å². The van der Waals surface area contributed by atoms with Crippen molar-refractivity contribution in [1.82, 2.24) is 15.0 Å². The van der Waals surface area contributed by atoms with E-state index in [0.717, 1.165) is 31.9 Å². The van der Waals surface area contributed by atoms with E-state index >= 15 is 0 Å². The molecule has 2 aliphatic rings. The zero-order valence-electron chi connectivity index (χ0n) is 12.4. The number of hydrogen-bond acceptors (Lipinski definition) is 5. The van der Waals surface area contributed by atoms with Crippen LogP contribution >= 0.6 is 0 Å². The van der Waals surface area contributed by atoms with Crippen molar-refractivity contribution in [2.24, 2.45) is 10.7 Å². The van der Waals surface area contributed by atoms with E-state index in [1.165, 1.54) is 12.8 Å². The molecule has 0 amide bonds. The molecule has 0 bridgehead atoms. The fourth-order valence-electron chi connectivity index (χ4n) is 2.44. The van der Waals surface area contributed by atoms with E-state index in [1.807, 2.05) is 6.07 Å². The lowest BCUT2D eigenvalue weighted by atomic mass is 10.2. The van der Waals surface area contributed by atoms with Gasteiger partial charge in [-0.25, -0.2) is 0 Å². The molecule has 114 valence electrons. The molecular formula is C14H22N6O. The van der Waals surface area contributed by atoms with Crippen LogP contribution in [0.1, 0.15) is 30.9 Å². The minimum atomic E-state index is 0.350. The van der Waals surface area contributed by atoms with Crippen LogP contribution in [0.5, 0.6) is 0 Å². The lowest BCUT2D eigenvalue weighted by Crippen LogP contribution is -2.47. The van der Waals surface area contributed by atoms with Crippen molar-refractivity contribution in [3.8, 4) is 0 Å². The lowest BCUT2D eigenvalue weighted by molar-refractivity contribution is 0.213. The summed E-state index contributed by atoms with van der Waals surface area (Å²) in [5.41, 5.74) is 6.89. The Morgan fingerprint density at radius 3 is 2.81 bits per heavy atom. The zero-order valence-corrected chi connectivity index (χ0v) is 12.4. The maximum atomic E-state index is 8.13. The Morgan fingerprint density at radius 2 is 2.14 bits per heavy atom. The van der Waals surface area contributed by atoms with E-state index < -0.39 is 0 Å². The van der Waals surface area contributed by atoms with Gasteiger partial charge in [-0.05, 0) is 19.9 Å². The molecule has 1 aromatic rings. The predicted octanol–water partition coefficient (Wildman–Crippen LogP) is 1.16. The molecule has 3 rings (SSSR count). The first-order valence-corrected chi connectivity index (χ1v) is 7.42. The van der Waals surface area contributed by atoms with Crippen LogP contribution in [0.2, 0.25) is 0 Å². The largest absolute Gasteiger partial charge is 0.387 e. The highest BCUT2D eigenvalue weighted by atomic mass is 16.5. The third-order valence-electron chi connectivity index (χ3n) is 4.00. The van der Waals surface area contributed by atoms with E-state index in [2.05, 4.69) is 27.0 Å². The van der Waals surface area contributed by atoms with Gasteiger partial charge < -0.3 is 20.1 Å². The zero-order chi connectivity index (χ0) is 14.8. The average Bonchev–Trinajstić information content (AvgIpc) is 3.20. The molecule has 0 aromatic carbocycles. The topological polar surface area (TPSA) is 94.7 Å². The number of nitrogens with zero attached hydrogens (tertiary/aromatic N) is 4. The third kappa shape index (κ3) is 3.60. The Bertz CT molecular complexity index is 539. The average molecular weight is 290 g/mol. The number of rotatable bonds is 4. The molecular weight excluding hydrogens is 268 g/mol. The van der Waals surface area contributed by atoms with Crippen LogP contribution in [0, 0.1) is 5.41 Å². The summed E-state index contributed by atoms with van der Waals surface area (Å²) >= 11 is 0. The standard InChI is InChI=1S/C14H22N6O/c1-19-4-6-20(7-5-19)13(16)9-12(15)17-14-8-11(18-21-14)10-2-3-10/h8,10,16H,2-7,9H2,1H3,(H2,15,17). The highest BCUT2D eigenvalue weighted by Crippen LogP contribution is 2.40. The van der Waals surface area contributed by atoms with Gasteiger partial charge in [0.05, 0.1) is 12.1 Å². The molecule has 2 heterocycles. The third-order valence-corrected chi connectivity index (χ3v) is 4.00. The van der Waals surface area contributed by atoms with Gasteiger partial charge in [0, 0.05) is 38.2 Å². The first-order chi connectivity index (χ1) is 10.1. The number of nitrogens with one attached hydrogen (secondary N) is 1. The summed E-state index contributed by atoms with van der Waals surface area (Å²) in [4.78, 5) is 8.54. The molecule has 0 atom stereocenters. The minimum absolute atomic E-state index is 0.350. The summed E-state index contributed by atoms with van der Waals surface area (Å²) in [6.07, 6.45) is 2.71. The van der Waals surface area contributed by atoms with Crippen molar-refractivity contribution in [3.05, 3.63) is 11.8 Å². The molecule has 1 aromatic heterocycles. The van der Waals surface area contributed by atoms with Crippen LogP contribution in [0.25, 0.3) is 0 Å². The molecule has 1 saturated heterocycles. The van der Waals surface area contributed by atoms with Crippen molar-refractivity contribution < 1.29 is 4.52 Å². The number of likely N-dealkylation sites (N-methyl/N-ethyl adjacent to an activating group) is 1. The van der Waals surface area contributed by atoms with Crippen LogP contribution in [0.4, 0.5) is 5.88 Å². The maximum absolute atomic E-state index is 8.13. The van der Waals surface area contributed by atoms with Gasteiger partial charge in [0.2, 0.25) is 0 Å². The minimum Gasteiger partial charge on any atom is -0.387 e. The summed E-state index contributed by atoms with van der Waals surface area (Å²) in [6.45, 7) is 3.70. The summed E-state index contributed by atoms with van der Waals surface area (Å²) in [6, 6.07) is 1.85. The summed E-state index contributed by atoms with van der Waals surface area (Å²) in [7, 11) is 2.10. The lowest BCUT2D eigenvalue weighted by Gasteiger charge is -2.34. The quantitative estimate of drug-likeness (QED) is 0.641. The second-order valence-corrected chi connectivity index (χ2v) is 5.88. The molecule has 1 aliphatic heterocycles. The SMILES string of the molecule is CN1CCN(C(=N)CC(N)=Nc2cc(C3CC3)no2)CC1. The maximum Gasteiger partial charge on any atom is 0.252 e. The van der Waals surface area contributed by atoms with Crippen LogP contribution in [0.3, 0.4) is 0 Å². The van der Waals surface area contributed by atoms with Crippen molar-refractivity contribution in [2.45, 2.75) is 25.2 Å². The summed E-state index contributed by atoms with van der Waals surface area (Å²) in [5.74, 6) is 1.91. The van der Waals surface area contributed by atoms with Gasteiger partial charge in [-0.2, -0.15) is 4.99 Å². The van der Waals surface area contributed by atoms with Crippen molar-refractivity contribution in [2.75, 3.05) is 33.2 Å². The smallest absolute Gasteiger partial charge is 0.252 e. The van der Waals surface area contributed by atoms with Gasteiger partial charge >= 0.3 is 0 Å². The van der Waals surface area contributed by atoms with Crippen LogP contribution in [-0.2, 0) is 0 Å². The normalized spacial score (nSPS) is 20.8. The van der Waals surface area contributed by atoms with Gasteiger partial charge in [-0.3, -0.25) is 5.41 Å². The molecule has 7 heteroatoms. The number of nitrogens with two attached hydrogens (primary N) is 1. The van der Waals surface area contributed by atoms with Gasteiger partial charge in [0.15, 0.2) is 0 Å². The molecule has 3 N–H and O–H groups in total. The Labute approximate surface area is 124 Å². The van der Waals surface area contributed by atoms with Gasteiger partial charge in [0.25, 0.3) is 5.88 Å². The van der Waals surface area contributed by atoms with Gasteiger partial charge in [0.1, 0.15) is 11.7 Å². The summed E-state index contributed by atoms with van der Waals surface area (Å²) in [5, 5.41) is 12.1. The number of aliphatic imine (C=N–C) groups is 1. The van der Waals surface area contributed by atoms with E-state index in [-0.39, 0.29) is 0 Å². The van der Waals surface area contributed by atoms with E-state index in [0.29, 0.717) is 29.9 Å². The predicted molar refractivity (Wildman–Crippen MR) is 81.2 cm³/mol. The first-order valence-electron chi connectivity index (χ1n) is 7.42. The van der Waals surface area contributed by atoms with Crippen LogP contribution < -0.4 is 5.73 Å². The molecule has 2 fully saturated rings. The Hall–Kier alpha value is -1.89. The van der Waals surface area contributed by atoms with Crippen LogP contribution in [0.15, 0.2) is 15.6 Å².